The van der Waals surface area contributed by atoms with Crippen LogP contribution in [0, 0.1) is 5.82 Å². The molecule has 128 valence electrons. The minimum atomic E-state index is -3.80. The number of benzene rings is 1. The van der Waals surface area contributed by atoms with Gasteiger partial charge in [0.25, 0.3) is 5.91 Å². The highest BCUT2D eigenvalue weighted by Gasteiger charge is 2.28. The summed E-state index contributed by atoms with van der Waals surface area (Å²) in [6.07, 6.45) is 1.50. The van der Waals surface area contributed by atoms with Crippen LogP contribution in [0.1, 0.15) is 10.4 Å². The fourth-order valence-electron chi connectivity index (χ4n) is 2.22. The number of carbonyl (C=O) groups is 1. The molecule has 1 aliphatic rings. The quantitative estimate of drug-likeness (QED) is 0.881. The number of anilines is 1. The van der Waals surface area contributed by atoms with Crippen LogP contribution < -0.4 is 5.32 Å². The van der Waals surface area contributed by atoms with E-state index in [2.05, 4.69) is 10.3 Å². The third kappa shape index (κ3) is 3.46. The Balaban J connectivity index is 1.89. The molecule has 0 atom stereocenters. The number of sulfonamides is 1. The Labute approximate surface area is 142 Å². The highest BCUT2D eigenvalue weighted by Crippen LogP contribution is 2.21. The molecule has 1 amide bonds. The number of thiazole rings is 1. The highest BCUT2D eigenvalue weighted by molar-refractivity contribution is 7.89. The smallest absolute Gasteiger partial charge is 0.260 e. The molecule has 2 aromatic rings. The molecule has 0 aliphatic carbocycles. The number of hydrogen-bond acceptors (Lipinski definition) is 6. The SMILES string of the molecule is O=C(Nc1nccs1)c1cc(S(=O)(=O)N2CCOCC2)ccc1F. The van der Waals surface area contributed by atoms with Crippen LogP contribution in [0.3, 0.4) is 0 Å². The fourth-order valence-corrected chi connectivity index (χ4v) is 4.18. The number of hydrogen-bond donors (Lipinski definition) is 1. The van der Waals surface area contributed by atoms with Crippen LogP contribution in [-0.2, 0) is 14.8 Å². The standard InChI is InChI=1S/C14H14FN3O4S2/c15-12-2-1-10(24(20,21)18-4-6-22-7-5-18)9-11(12)13(19)17-14-16-3-8-23-14/h1-3,8-9H,4-7H2,(H,16,17,19). The maximum absolute atomic E-state index is 14.0. The summed E-state index contributed by atoms with van der Waals surface area (Å²) >= 11 is 1.18. The predicted octanol–water partition coefficient (Wildman–Crippen LogP) is 1.56. The van der Waals surface area contributed by atoms with Crippen molar-refractivity contribution in [2.24, 2.45) is 0 Å². The molecule has 0 saturated carbocycles. The van der Waals surface area contributed by atoms with Crippen molar-refractivity contribution in [3.63, 3.8) is 0 Å². The highest BCUT2D eigenvalue weighted by atomic mass is 32.2. The van der Waals surface area contributed by atoms with Gasteiger partial charge in [0.15, 0.2) is 5.13 Å². The van der Waals surface area contributed by atoms with E-state index in [4.69, 9.17) is 4.74 Å². The van der Waals surface area contributed by atoms with Crippen molar-refractivity contribution < 1.29 is 22.3 Å². The van der Waals surface area contributed by atoms with Gasteiger partial charge in [0.05, 0.1) is 23.7 Å². The number of amides is 1. The second kappa shape index (κ2) is 6.93. The molecule has 1 aliphatic heterocycles. The molecule has 3 rings (SSSR count). The summed E-state index contributed by atoms with van der Waals surface area (Å²) in [5.74, 6) is -1.55. The molecule has 0 bridgehead atoms. The van der Waals surface area contributed by atoms with Gasteiger partial charge in [-0.1, -0.05) is 0 Å². The number of carbonyl (C=O) groups excluding carboxylic acids is 1. The van der Waals surface area contributed by atoms with Crippen molar-refractivity contribution in [1.29, 1.82) is 0 Å². The van der Waals surface area contributed by atoms with E-state index < -0.39 is 21.7 Å². The summed E-state index contributed by atoms with van der Waals surface area (Å²) in [4.78, 5) is 15.9. The normalized spacial score (nSPS) is 16.0. The summed E-state index contributed by atoms with van der Waals surface area (Å²) in [6, 6.07) is 3.17. The third-order valence-electron chi connectivity index (χ3n) is 3.44. The van der Waals surface area contributed by atoms with Crippen molar-refractivity contribution in [3.05, 3.63) is 41.2 Å². The van der Waals surface area contributed by atoms with Crippen LogP contribution in [0.25, 0.3) is 0 Å². The first-order valence-electron chi connectivity index (χ1n) is 7.07. The third-order valence-corrected chi connectivity index (χ3v) is 6.03. The predicted molar refractivity (Wildman–Crippen MR) is 86.0 cm³/mol. The van der Waals surface area contributed by atoms with E-state index in [1.54, 1.807) is 5.38 Å². The first-order chi connectivity index (χ1) is 11.5. The van der Waals surface area contributed by atoms with Gasteiger partial charge < -0.3 is 4.74 Å². The van der Waals surface area contributed by atoms with Gasteiger partial charge in [-0.3, -0.25) is 10.1 Å². The zero-order valence-corrected chi connectivity index (χ0v) is 14.1. The number of halogens is 1. The lowest BCUT2D eigenvalue weighted by molar-refractivity contribution is 0.0730. The lowest BCUT2D eigenvalue weighted by Crippen LogP contribution is -2.40. The second-order valence-electron chi connectivity index (χ2n) is 4.95. The van der Waals surface area contributed by atoms with Gasteiger partial charge in [0, 0.05) is 24.7 Å². The topological polar surface area (TPSA) is 88.6 Å². The molecule has 1 aromatic carbocycles. The summed E-state index contributed by atoms with van der Waals surface area (Å²) in [7, 11) is -3.80. The lowest BCUT2D eigenvalue weighted by Gasteiger charge is -2.26. The van der Waals surface area contributed by atoms with E-state index in [1.807, 2.05) is 0 Å². The van der Waals surface area contributed by atoms with Gasteiger partial charge in [-0.2, -0.15) is 4.31 Å². The van der Waals surface area contributed by atoms with Gasteiger partial charge in [0.1, 0.15) is 5.82 Å². The van der Waals surface area contributed by atoms with Crippen LogP contribution in [0.15, 0.2) is 34.7 Å². The number of nitrogens with zero attached hydrogens (tertiary/aromatic N) is 2. The number of rotatable bonds is 4. The molecule has 1 aromatic heterocycles. The zero-order valence-electron chi connectivity index (χ0n) is 12.4. The molecule has 0 spiro atoms. The average molecular weight is 371 g/mol. The molecule has 1 fully saturated rings. The minimum Gasteiger partial charge on any atom is -0.379 e. The maximum atomic E-state index is 14.0. The Bertz CT molecular complexity index is 834. The van der Waals surface area contributed by atoms with E-state index >= 15 is 0 Å². The molecule has 24 heavy (non-hydrogen) atoms. The molecule has 2 heterocycles. The van der Waals surface area contributed by atoms with Crippen molar-refractivity contribution in [3.8, 4) is 0 Å². The van der Waals surface area contributed by atoms with Gasteiger partial charge in [-0.05, 0) is 18.2 Å². The molecule has 1 N–H and O–H groups in total. The van der Waals surface area contributed by atoms with Crippen LogP contribution in [0.4, 0.5) is 9.52 Å². The van der Waals surface area contributed by atoms with Gasteiger partial charge in [-0.15, -0.1) is 11.3 Å². The first kappa shape index (κ1) is 17.0. The fraction of sp³-hybridized carbons (Fsp3) is 0.286. The minimum absolute atomic E-state index is 0.130. The van der Waals surface area contributed by atoms with Crippen LogP contribution >= 0.6 is 11.3 Å². The molecule has 10 heteroatoms. The number of ether oxygens (including phenoxy) is 1. The van der Waals surface area contributed by atoms with Crippen molar-refractivity contribution in [1.82, 2.24) is 9.29 Å². The molecular formula is C14H14FN3O4S2. The zero-order chi connectivity index (χ0) is 17.2. The van der Waals surface area contributed by atoms with Crippen LogP contribution in [0.5, 0.6) is 0 Å². The molecule has 7 nitrogen and oxygen atoms in total. The van der Waals surface area contributed by atoms with Crippen molar-refractivity contribution >= 4 is 32.4 Å². The van der Waals surface area contributed by atoms with Gasteiger partial charge in [0.2, 0.25) is 10.0 Å². The Morgan fingerprint density at radius 1 is 1.33 bits per heavy atom. The number of aromatic nitrogens is 1. The average Bonchev–Trinajstić information content (AvgIpc) is 3.08. The Kier molecular flexibility index (Phi) is 4.90. The van der Waals surface area contributed by atoms with Crippen LogP contribution in [-0.4, -0.2) is 49.9 Å². The van der Waals surface area contributed by atoms with Gasteiger partial charge >= 0.3 is 0 Å². The number of morpholine rings is 1. The van der Waals surface area contributed by atoms with E-state index in [0.717, 1.165) is 18.2 Å². The summed E-state index contributed by atoms with van der Waals surface area (Å²) < 4.78 is 45.6. The van der Waals surface area contributed by atoms with Crippen molar-refractivity contribution in [2.45, 2.75) is 4.90 Å². The maximum Gasteiger partial charge on any atom is 0.260 e. The number of nitrogens with one attached hydrogen (secondary N) is 1. The summed E-state index contributed by atoms with van der Waals surface area (Å²) in [5, 5.41) is 4.40. The van der Waals surface area contributed by atoms with Gasteiger partial charge in [-0.25, -0.2) is 17.8 Å². The van der Waals surface area contributed by atoms with Crippen LogP contribution in [0.2, 0.25) is 0 Å². The summed E-state index contributed by atoms with van der Waals surface area (Å²) in [5.41, 5.74) is -0.348. The molecule has 0 unspecified atom stereocenters. The molecule has 0 radical (unpaired) electrons. The second-order valence-corrected chi connectivity index (χ2v) is 7.78. The first-order valence-corrected chi connectivity index (χ1v) is 9.39. The van der Waals surface area contributed by atoms with E-state index in [0.29, 0.717) is 18.3 Å². The largest absolute Gasteiger partial charge is 0.379 e. The Hall–Kier alpha value is -1.88. The Morgan fingerprint density at radius 3 is 2.75 bits per heavy atom. The van der Waals surface area contributed by atoms with E-state index in [9.17, 15) is 17.6 Å². The molecule has 1 saturated heterocycles. The van der Waals surface area contributed by atoms with E-state index in [1.165, 1.54) is 21.8 Å². The summed E-state index contributed by atoms with van der Waals surface area (Å²) in [6.45, 7) is 1.05. The molecular weight excluding hydrogens is 357 g/mol. The monoisotopic (exact) mass is 371 g/mol. The van der Waals surface area contributed by atoms with Crippen molar-refractivity contribution in [2.75, 3.05) is 31.6 Å². The lowest BCUT2D eigenvalue weighted by atomic mass is 10.2. The van der Waals surface area contributed by atoms with E-state index in [-0.39, 0.29) is 23.5 Å². The Morgan fingerprint density at radius 2 is 2.08 bits per heavy atom.